The highest BCUT2D eigenvalue weighted by atomic mass is 32.7. The molecule has 0 amide bonds. The zero-order valence-electron chi connectivity index (χ0n) is 3.30. The Hall–Kier alpha value is 0.580. The summed E-state index contributed by atoms with van der Waals surface area (Å²) in [7, 11) is 0. The first-order chi connectivity index (χ1) is 2.00. The molecule has 0 N–H and O–H groups in total. The molecular formula is C2H7OPS. The predicted molar refractivity (Wildman–Crippen MR) is 28.4 cm³/mol. The predicted octanol–water partition coefficient (Wildman–Crippen LogP) is 1.45. The molecule has 32 valence electrons. The summed E-state index contributed by atoms with van der Waals surface area (Å²) < 4.78 is 10.1. The van der Waals surface area contributed by atoms with Gasteiger partial charge in [0.05, 0.1) is 0 Å². The number of thiol groups is 1. The van der Waals surface area contributed by atoms with Gasteiger partial charge in [-0.05, 0) is 13.3 Å². The van der Waals surface area contributed by atoms with Crippen LogP contribution in [0.25, 0.3) is 0 Å². The summed E-state index contributed by atoms with van der Waals surface area (Å²) in [6.45, 7) is 3.21. The van der Waals surface area contributed by atoms with Crippen molar-refractivity contribution in [3.8, 4) is 0 Å². The minimum Gasteiger partial charge on any atom is -0.313 e. The number of hydrogen-bond donors (Lipinski definition) is 1. The second kappa shape index (κ2) is 1.36. The van der Waals surface area contributed by atoms with Gasteiger partial charge in [0, 0.05) is 0 Å². The summed E-state index contributed by atoms with van der Waals surface area (Å²) in [6, 6.07) is 0. The molecule has 5 heavy (non-hydrogen) atoms. The lowest BCUT2D eigenvalue weighted by molar-refractivity contribution is 0.592. The molecule has 0 atom stereocenters. The standard InChI is InChI=1S/C2H7OPS/c1-4(2,3)5/h1-2H3,(H,3,5). The molecule has 0 saturated heterocycles. The normalized spacial score (nSPS) is 11.8. The fourth-order valence-corrected chi connectivity index (χ4v) is 0. The van der Waals surface area contributed by atoms with Crippen molar-refractivity contribution < 1.29 is 4.57 Å². The lowest BCUT2D eigenvalue weighted by Gasteiger charge is -1.85. The van der Waals surface area contributed by atoms with Crippen molar-refractivity contribution in [2.75, 3.05) is 13.3 Å². The molecule has 0 fully saturated rings. The van der Waals surface area contributed by atoms with Crippen molar-refractivity contribution in [3.05, 3.63) is 0 Å². The second-order valence-electron chi connectivity index (χ2n) is 1.29. The van der Waals surface area contributed by atoms with E-state index in [-0.39, 0.29) is 0 Å². The maximum absolute atomic E-state index is 10.1. The highest BCUT2D eigenvalue weighted by Crippen LogP contribution is 2.40. The molecule has 0 rings (SSSR count). The van der Waals surface area contributed by atoms with E-state index in [1.165, 1.54) is 0 Å². The minimum absolute atomic E-state index is 1.61. The van der Waals surface area contributed by atoms with E-state index in [0.29, 0.717) is 0 Å². The maximum Gasteiger partial charge on any atom is 0.130 e. The van der Waals surface area contributed by atoms with E-state index in [0.717, 1.165) is 0 Å². The van der Waals surface area contributed by atoms with Gasteiger partial charge in [0.1, 0.15) is 6.34 Å². The maximum atomic E-state index is 10.1. The van der Waals surface area contributed by atoms with E-state index >= 15 is 0 Å². The highest BCUT2D eigenvalue weighted by Gasteiger charge is 1.90. The topological polar surface area (TPSA) is 17.1 Å². The van der Waals surface area contributed by atoms with Crippen LogP contribution >= 0.6 is 18.6 Å². The van der Waals surface area contributed by atoms with E-state index in [9.17, 15) is 4.57 Å². The third-order valence-corrected chi connectivity index (χ3v) is 0. The Morgan fingerprint density at radius 2 is 1.60 bits per heavy atom. The zero-order chi connectivity index (χ0) is 4.50. The molecule has 0 saturated carbocycles. The number of rotatable bonds is 0. The van der Waals surface area contributed by atoms with Gasteiger partial charge in [-0.3, -0.25) is 0 Å². The molecule has 0 radical (unpaired) electrons. The first-order valence-electron chi connectivity index (χ1n) is 1.28. The van der Waals surface area contributed by atoms with Gasteiger partial charge < -0.3 is 4.57 Å². The first kappa shape index (κ1) is 5.58. The van der Waals surface area contributed by atoms with Gasteiger partial charge in [-0.25, -0.2) is 0 Å². The molecule has 0 aromatic carbocycles. The molecule has 0 aromatic heterocycles. The largest absolute Gasteiger partial charge is 0.313 e. The first-order valence-corrected chi connectivity index (χ1v) is 5.03. The smallest absolute Gasteiger partial charge is 0.130 e. The monoisotopic (exact) mass is 110 g/mol. The van der Waals surface area contributed by atoms with Crippen LogP contribution in [0.2, 0.25) is 0 Å². The van der Waals surface area contributed by atoms with Gasteiger partial charge in [-0.2, -0.15) is 0 Å². The Labute approximate surface area is 37.3 Å². The van der Waals surface area contributed by atoms with E-state index in [1.807, 2.05) is 0 Å². The van der Waals surface area contributed by atoms with Crippen LogP contribution in [0.5, 0.6) is 0 Å². The third kappa shape index (κ3) is 90.6. The molecule has 0 aliphatic carbocycles. The summed E-state index contributed by atoms with van der Waals surface area (Å²) >= 11 is 3.68. The zero-order valence-corrected chi connectivity index (χ0v) is 5.09. The Morgan fingerprint density at radius 3 is 1.60 bits per heavy atom. The van der Waals surface area contributed by atoms with E-state index in [4.69, 9.17) is 0 Å². The van der Waals surface area contributed by atoms with Crippen molar-refractivity contribution in [1.82, 2.24) is 0 Å². The summed E-state index contributed by atoms with van der Waals surface area (Å²) in [5.41, 5.74) is 0. The molecule has 0 heterocycles. The average molecular weight is 110 g/mol. The molecule has 0 bridgehead atoms. The van der Waals surface area contributed by atoms with Crippen LogP contribution in [0.3, 0.4) is 0 Å². The molecule has 0 unspecified atom stereocenters. The lowest BCUT2D eigenvalue weighted by Crippen LogP contribution is -1.50. The molecule has 3 heteroatoms. The van der Waals surface area contributed by atoms with Gasteiger partial charge >= 0.3 is 0 Å². The number of hydrogen-bond acceptors (Lipinski definition) is 1. The van der Waals surface area contributed by atoms with Gasteiger partial charge in [0.2, 0.25) is 0 Å². The van der Waals surface area contributed by atoms with Crippen molar-refractivity contribution in [3.63, 3.8) is 0 Å². The summed E-state index contributed by atoms with van der Waals surface area (Å²) in [5.74, 6) is 0. The molecule has 0 spiro atoms. The molecule has 1 nitrogen and oxygen atoms in total. The molecule has 0 aliphatic rings. The van der Waals surface area contributed by atoms with Crippen LogP contribution in [0.4, 0.5) is 0 Å². The fraction of sp³-hybridized carbons (Fsp3) is 1.00. The average Bonchev–Trinajstić information content (AvgIpc) is 0.722. The van der Waals surface area contributed by atoms with Crippen LogP contribution in [-0.2, 0) is 4.57 Å². The summed E-state index contributed by atoms with van der Waals surface area (Å²) in [5, 5.41) is 0. The Morgan fingerprint density at radius 1 is 1.60 bits per heavy atom. The summed E-state index contributed by atoms with van der Waals surface area (Å²) in [6.07, 6.45) is -1.94. The van der Waals surface area contributed by atoms with Gasteiger partial charge in [0.25, 0.3) is 0 Å². The fourth-order valence-electron chi connectivity index (χ4n) is 0. The highest BCUT2D eigenvalue weighted by molar-refractivity contribution is 8.47. The van der Waals surface area contributed by atoms with E-state index < -0.39 is 6.34 Å². The van der Waals surface area contributed by atoms with Crippen LogP contribution in [0.15, 0.2) is 0 Å². The molecule has 0 aliphatic heterocycles. The minimum atomic E-state index is -1.94. The quantitative estimate of drug-likeness (QED) is 0.369. The second-order valence-corrected chi connectivity index (χ2v) is 6.77. The van der Waals surface area contributed by atoms with Crippen molar-refractivity contribution in [2.45, 2.75) is 0 Å². The Balaban J connectivity index is 3.47. The van der Waals surface area contributed by atoms with Gasteiger partial charge in [0.15, 0.2) is 0 Å². The molecule has 0 aromatic rings. The summed E-state index contributed by atoms with van der Waals surface area (Å²) in [4.78, 5) is 0. The SMILES string of the molecule is CP(C)(=O)S. The third-order valence-electron chi connectivity index (χ3n) is 0. The van der Waals surface area contributed by atoms with Crippen LogP contribution in [0, 0.1) is 0 Å². The Bertz CT molecular complexity index is 55.8. The van der Waals surface area contributed by atoms with Crippen LogP contribution in [-0.4, -0.2) is 13.3 Å². The van der Waals surface area contributed by atoms with Crippen molar-refractivity contribution in [1.29, 1.82) is 0 Å². The van der Waals surface area contributed by atoms with E-state index in [1.54, 1.807) is 13.3 Å². The Kier molecular flexibility index (Phi) is 1.51. The molecular weight excluding hydrogens is 103 g/mol. The lowest BCUT2D eigenvalue weighted by atomic mass is 11.9. The van der Waals surface area contributed by atoms with Gasteiger partial charge in [-0.1, -0.05) is 0 Å². The van der Waals surface area contributed by atoms with Crippen molar-refractivity contribution >= 4 is 18.6 Å². The van der Waals surface area contributed by atoms with Gasteiger partial charge in [-0.15, -0.1) is 12.2 Å². The van der Waals surface area contributed by atoms with Crippen LogP contribution < -0.4 is 0 Å². The van der Waals surface area contributed by atoms with E-state index in [2.05, 4.69) is 12.2 Å². The van der Waals surface area contributed by atoms with Crippen molar-refractivity contribution in [2.24, 2.45) is 0 Å². The van der Waals surface area contributed by atoms with Crippen LogP contribution in [0.1, 0.15) is 0 Å².